The summed E-state index contributed by atoms with van der Waals surface area (Å²) in [6.45, 7) is 1.67. The molecule has 0 aliphatic rings. The minimum Gasteiger partial charge on any atom is -0.478 e. The van der Waals surface area contributed by atoms with Gasteiger partial charge in [-0.1, -0.05) is 12.1 Å². The van der Waals surface area contributed by atoms with Gasteiger partial charge in [0.1, 0.15) is 5.82 Å². The summed E-state index contributed by atoms with van der Waals surface area (Å²) in [6.07, 6.45) is 2.77. The van der Waals surface area contributed by atoms with E-state index in [0.717, 1.165) is 0 Å². The summed E-state index contributed by atoms with van der Waals surface area (Å²) in [7, 11) is 0. The normalized spacial score (nSPS) is 10.2. The van der Waals surface area contributed by atoms with Gasteiger partial charge in [0.15, 0.2) is 0 Å². The van der Waals surface area contributed by atoms with Crippen molar-refractivity contribution in [2.24, 2.45) is 0 Å². The molecule has 1 aromatic heterocycles. The van der Waals surface area contributed by atoms with E-state index in [-0.39, 0.29) is 11.4 Å². The smallest absolute Gasteiger partial charge is 0.337 e. The van der Waals surface area contributed by atoms with E-state index < -0.39 is 5.97 Å². The molecule has 17 heavy (non-hydrogen) atoms. The lowest BCUT2D eigenvalue weighted by Crippen LogP contribution is -1.97. The Hall–Kier alpha value is -2.23. The summed E-state index contributed by atoms with van der Waals surface area (Å²) in [4.78, 5) is 14.6. The van der Waals surface area contributed by atoms with Gasteiger partial charge in [0.05, 0.1) is 5.56 Å². The molecule has 0 bridgehead atoms. The van der Waals surface area contributed by atoms with Crippen LogP contribution in [-0.2, 0) is 0 Å². The number of carboxylic acids is 1. The van der Waals surface area contributed by atoms with Crippen LogP contribution in [0.15, 0.2) is 36.7 Å². The molecule has 1 aromatic carbocycles. The minimum atomic E-state index is -1.05. The minimum absolute atomic E-state index is 0.0866. The van der Waals surface area contributed by atoms with Gasteiger partial charge in [-0.05, 0) is 30.2 Å². The number of nitrogens with zero attached hydrogens (tertiary/aromatic N) is 1. The summed E-state index contributed by atoms with van der Waals surface area (Å²) in [5.41, 5.74) is 1.84. The number of aromatic nitrogens is 1. The predicted octanol–water partition coefficient (Wildman–Crippen LogP) is 2.89. The van der Waals surface area contributed by atoms with E-state index in [9.17, 15) is 9.18 Å². The average Bonchev–Trinajstić information content (AvgIpc) is 2.33. The highest BCUT2D eigenvalue weighted by Crippen LogP contribution is 2.21. The van der Waals surface area contributed by atoms with Gasteiger partial charge in [-0.25, -0.2) is 9.18 Å². The van der Waals surface area contributed by atoms with Crippen molar-refractivity contribution in [3.63, 3.8) is 0 Å². The van der Waals surface area contributed by atoms with Crippen molar-refractivity contribution in [3.05, 3.63) is 53.6 Å². The summed E-state index contributed by atoms with van der Waals surface area (Å²) >= 11 is 0. The van der Waals surface area contributed by atoms with Crippen LogP contribution in [0.1, 0.15) is 15.9 Å². The molecule has 0 saturated carbocycles. The Bertz CT molecular complexity index is 581. The van der Waals surface area contributed by atoms with Crippen molar-refractivity contribution in [2.45, 2.75) is 6.92 Å². The Balaban J connectivity index is 2.49. The maximum Gasteiger partial charge on any atom is 0.337 e. The number of carbonyl (C=O) groups is 1. The zero-order valence-electron chi connectivity index (χ0n) is 9.14. The van der Waals surface area contributed by atoms with E-state index in [1.165, 1.54) is 24.5 Å². The highest BCUT2D eigenvalue weighted by atomic mass is 19.1. The van der Waals surface area contributed by atoms with E-state index in [1.807, 2.05) is 0 Å². The Morgan fingerprint density at radius 2 is 2.00 bits per heavy atom. The summed E-state index contributed by atoms with van der Waals surface area (Å²) in [5.74, 6) is -1.37. The third-order valence-corrected chi connectivity index (χ3v) is 2.49. The van der Waals surface area contributed by atoms with Crippen molar-refractivity contribution < 1.29 is 14.3 Å². The molecule has 4 heteroatoms. The quantitative estimate of drug-likeness (QED) is 0.864. The second kappa shape index (κ2) is 4.33. The molecule has 0 unspecified atom stereocenters. The van der Waals surface area contributed by atoms with E-state index in [2.05, 4.69) is 4.98 Å². The lowest BCUT2D eigenvalue weighted by molar-refractivity contribution is 0.0696. The first-order valence-corrected chi connectivity index (χ1v) is 5.03. The second-order valence-electron chi connectivity index (χ2n) is 3.73. The molecular weight excluding hydrogens is 221 g/mol. The molecule has 0 amide bonds. The standard InChI is InChI=1S/C13H10FNO2/c1-8-2-3-9(5-12(8)14)10-4-11(13(16)17)7-15-6-10/h2-7H,1H3,(H,16,17). The summed E-state index contributed by atoms with van der Waals surface area (Å²) < 4.78 is 13.4. The van der Waals surface area contributed by atoms with Crippen molar-refractivity contribution in [1.29, 1.82) is 0 Å². The maximum atomic E-state index is 13.4. The van der Waals surface area contributed by atoms with Crippen LogP contribution in [0.25, 0.3) is 11.1 Å². The molecule has 1 N–H and O–H groups in total. The number of carboxylic acid groups (broad SMARTS) is 1. The third-order valence-electron chi connectivity index (χ3n) is 2.49. The number of hydrogen-bond donors (Lipinski definition) is 1. The van der Waals surface area contributed by atoms with Gasteiger partial charge >= 0.3 is 5.97 Å². The lowest BCUT2D eigenvalue weighted by atomic mass is 10.0. The predicted molar refractivity (Wildman–Crippen MR) is 61.3 cm³/mol. The molecule has 0 radical (unpaired) electrons. The molecular formula is C13H10FNO2. The lowest BCUT2D eigenvalue weighted by Gasteiger charge is -2.04. The van der Waals surface area contributed by atoms with Gasteiger partial charge in [0.25, 0.3) is 0 Å². The first-order chi connectivity index (χ1) is 8.08. The zero-order chi connectivity index (χ0) is 12.4. The number of aromatic carboxylic acids is 1. The summed E-state index contributed by atoms with van der Waals surface area (Å²) in [6, 6.07) is 6.23. The molecule has 3 nitrogen and oxygen atoms in total. The van der Waals surface area contributed by atoms with Crippen LogP contribution in [0, 0.1) is 12.7 Å². The maximum absolute atomic E-state index is 13.4. The molecule has 0 saturated heterocycles. The zero-order valence-corrected chi connectivity index (χ0v) is 9.14. The highest BCUT2D eigenvalue weighted by molar-refractivity contribution is 5.88. The molecule has 0 atom stereocenters. The monoisotopic (exact) mass is 231 g/mol. The Morgan fingerprint density at radius 3 is 2.65 bits per heavy atom. The molecule has 1 heterocycles. The molecule has 0 aliphatic heterocycles. The van der Waals surface area contributed by atoms with Crippen LogP contribution in [0.3, 0.4) is 0 Å². The largest absolute Gasteiger partial charge is 0.478 e. The van der Waals surface area contributed by atoms with Crippen molar-refractivity contribution in [1.82, 2.24) is 4.98 Å². The van der Waals surface area contributed by atoms with Crippen molar-refractivity contribution in [2.75, 3.05) is 0 Å². The molecule has 0 spiro atoms. The van der Waals surface area contributed by atoms with Crippen LogP contribution in [-0.4, -0.2) is 16.1 Å². The first kappa shape index (κ1) is 11.3. The second-order valence-corrected chi connectivity index (χ2v) is 3.73. The summed E-state index contributed by atoms with van der Waals surface area (Å²) in [5, 5.41) is 8.84. The average molecular weight is 231 g/mol. The van der Waals surface area contributed by atoms with Gasteiger partial charge in [-0.15, -0.1) is 0 Å². The van der Waals surface area contributed by atoms with Crippen LogP contribution >= 0.6 is 0 Å². The van der Waals surface area contributed by atoms with Crippen LogP contribution < -0.4 is 0 Å². The van der Waals surface area contributed by atoms with Gasteiger partial charge in [-0.3, -0.25) is 4.98 Å². The number of aryl methyl sites for hydroxylation is 1. The van der Waals surface area contributed by atoms with E-state index in [0.29, 0.717) is 16.7 Å². The molecule has 0 fully saturated rings. The Morgan fingerprint density at radius 1 is 1.24 bits per heavy atom. The first-order valence-electron chi connectivity index (χ1n) is 5.03. The van der Waals surface area contributed by atoms with E-state index in [1.54, 1.807) is 19.1 Å². The number of hydrogen-bond acceptors (Lipinski definition) is 2. The van der Waals surface area contributed by atoms with Crippen LogP contribution in [0.2, 0.25) is 0 Å². The van der Waals surface area contributed by atoms with Gasteiger partial charge in [0.2, 0.25) is 0 Å². The van der Waals surface area contributed by atoms with Crippen molar-refractivity contribution >= 4 is 5.97 Å². The molecule has 0 aliphatic carbocycles. The van der Waals surface area contributed by atoms with Crippen LogP contribution in [0.5, 0.6) is 0 Å². The van der Waals surface area contributed by atoms with Crippen molar-refractivity contribution in [3.8, 4) is 11.1 Å². The topological polar surface area (TPSA) is 50.2 Å². The molecule has 2 rings (SSSR count). The number of benzene rings is 1. The third kappa shape index (κ3) is 2.30. The molecule has 2 aromatic rings. The SMILES string of the molecule is Cc1ccc(-c2cncc(C(=O)O)c2)cc1F. The van der Waals surface area contributed by atoms with Gasteiger partial charge < -0.3 is 5.11 Å². The fraction of sp³-hybridized carbons (Fsp3) is 0.0769. The van der Waals surface area contributed by atoms with Crippen LogP contribution in [0.4, 0.5) is 4.39 Å². The molecule has 86 valence electrons. The van der Waals surface area contributed by atoms with Gasteiger partial charge in [0, 0.05) is 18.0 Å². The Labute approximate surface area is 97.6 Å². The number of pyridine rings is 1. The highest BCUT2D eigenvalue weighted by Gasteiger charge is 2.07. The Kier molecular flexibility index (Phi) is 2.87. The number of halogens is 1. The van der Waals surface area contributed by atoms with E-state index in [4.69, 9.17) is 5.11 Å². The fourth-order valence-corrected chi connectivity index (χ4v) is 1.49. The van der Waals surface area contributed by atoms with Gasteiger partial charge in [-0.2, -0.15) is 0 Å². The number of rotatable bonds is 2. The fourth-order valence-electron chi connectivity index (χ4n) is 1.49. The van der Waals surface area contributed by atoms with E-state index >= 15 is 0 Å².